The molecule has 162 valence electrons. The Bertz CT molecular complexity index is 1060. The molecule has 6 nitrogen and oxygen atoms in total. The molecule has 0 radical (unpaired) electrons. The van der Waals surface area contributed by atoms with Gasteiger partial charge in [-0.25, -0.2) is 13.7 Å². The second kappa shape index (κ2) is 8.47. The van der Waals surface area contributed by atoms with Crippen LogP contribution in [-0.4, -0.2) is 61.4 Å². The SMILES string of the molecule is CCN1CCN(C2=C(c3ccccc3OC)C(=O)N(c3cc(F)ccc3F)C2=O)CC1. The number of benzene rings is 2. The first kappa shape index (κ1) is 21.0. The molecule has 0 saturated carbocycles. The van der Waals surface area contributed by atoms with Crippen LogP contribution in [0.4, 0.5) is 14.5 Å². The van der Waals surface area contributed by atoms with Gasteiger partial charge in [0.1, 0.15) is 23.1 Å². The fourth-order valence-corrected chi connectivity index (χ4v) is 4.07. The molecule has 0 atom stereocenters. The van der Waals surface area contributed by atoms with Gasteiger partial charge in [-0.05, 0) is 24.7 Å². The van der Waals surface area contributed by atoms with Crippen molar-refractivity contribution >= 4 is 23.1 Å². The topological polar surface area (TPSA) is 53.1 Å². The van der Waals surface area contributed by atoms with Crippen molar-refractivity contribution in [2.45, 2.75) is 6.92 Å². The first-order chi connectivity index (χ1) is 15.0. The van der Waals surface area contributed by atoms with Crippen LogP contribution in [0, 0.1) is 11.6 Å². The molecule has 0 N–H and O–H groups in total. The number of hydrogen-bond acceptors (Lipinski definition) is 5. The van der Waals surface area contributed by atoms with E-state index in [1.807, 2.05) is 4.90 Å². The van der Waals surface area contributed by atoms with Gasteiger partial charge < -0.3 is 14.5 Å². The largest absolute Gasteiger partial charge is 0.496 e. The number of halogens is 2. The number of methoxy groups -OCH3 is 1. The van der Waals surface area contributed by atoms with Crippen LogP contribution in [0.15, 0.2) is 48.2 Å². The lowest BCUT2D eigenvalue weighted by Gasteiger charge is -2.36. The summed E-state index contributed by atoms with van der Waals surface area (Å²) in [7, 11) is 1.48. The van der Waals surface area contributed by atoms with Crippen LogP contribution in [0.2, 0.25) is 0 Å². The third-order valence-corrected chi connectivity index (χ3v) is 5.72. The van der Waals surface area contributed by atoms with Gasteiger partial charge in [-0.2, -0.15) is 0 Å². The second-order valence-electron chi connectivity index (χ2n) is 7.39. The van der Waals surface area contributed by atoms with E-state index in [2.05, 4.69) is 11.8 Å². The van der Waals surface area contributed by atoms with Crippen LogP contribution in [0.1, 0.15) is 12.5 Å². The van der Waals surface area contributed by atoms with E-state index in [0.29, 0.717) is 24.4 Å². The zero-order valence-corrected chi connectivity index (χ0v) is 17.4. The Morgan fingerprint density at radius 3 is 2.35 bits per heavy atom. The fourth-order valence-electron chi connectivity index (χ4n) is 4.07. The van der Waals surface area contributed by atoms with Crippen molar-refractivity contribution in [1.29, 1.82) is 0 Å². The number of ether oxygens (including phenoxy) is 1. The number of hydrogen-bond donors (Lipinski definition) is 0. The molecular weight excluding hydrogens is 404 g/mol. The van der Waals surface area contributed by atoms with Crippen molar-refractivity contribution in [2.24, 2.45) is 0 Å². The first-order valence-corrected chi connectivity index (χ1v) is 10.1. The third-order valence-electron chi connectivity index (χ3n) is 5.72. The number of imide groups is 1. The average molecular weight is 427 g/mol. The van der Waals surface area contributed by atoms with Crippen LogP contribution in [0.5, 0.6) is 5.75 Å². The molecule has 1 fully saturated rings. The van der Waals surface area contributed by atoms with Gasteiger partial charge in [-0.1, -0.05) is 25.1 Å². The summed E-state index contributed by atoms with van der Waals surface area (Å²) in [5, 5.41) is 0. The molecule has 0 aromatic heterocycles. The van der Waals surface area contributed by atoms with E-state index < -0.39 is 29.1 Å². The molecule has 8 heteroatoms. The highest BCUT2D eigenvalue weighted by atomic mass is 19.1. The van der Waals surface area contributed by atoms with Crippen LogP contribution in [0.25, 0.3) is 5.57 Å². The quantitative estimate of drug-likeness (QED) is 0.687. The Morgan fingerprint density at radius 1 is 0.968 bits per heavy atom. The smallest absolute Gasteiger partial charge is 0.282 e. The van der Waals surface area contributed by atoms with Gasteiger partial charge in [0, 0.05) is 37.8 Å². The summed E-state index contributed by atoms with van der Waals surface area (Å²) in [6, 6.07) is 9.60. The summed E-state index contributed by atoms with van der Waals surface area (Å²) in [6.45, 7) is 5.50. The summed E-state index contributed by atoms with van der Waals surface area (Å²) >= 11 is 0. The Balaban J connectivity index is 1.85. The van der Waals surface area contributed by atoms with E-state index in [9.17, 15) is 18.4 Å². The highest BCUT2D eigenvalue weighted by Crippen LogP contribution is 2.39. The van der Waals surface area contributed by atoms with Crippen molar-refractivity contribution in [3.63, 3.8) is 0 Å². The van der Waals surface area contributed by atoms with Crippen molar-refractivity contribution < 1.29 is 23.1 Å². The maximum Gasteiger partial charge on any atom is 0.282 e. The number of nitrogens with zero attached hydrogens (tertiary/aromatic N) is 3. The summed E-state index contributed by atoms with van der Waals surface area (Å²) in [6.07, 6.45) is 0. The van der Waals surface area contributed by atoms with Gasteiger partial charge in [0.25, 0.3) is 11.8 Å². The molecule has 4 rings (SSSR count). The maximum atomic E-state index is 14.5. The molecule has 2 amide bonds. The molecule has 31 heavy (non-hydrogen) atoms. The van der Waals surface area contributed by atoms with Crippen LogP contribution >= 0.6 is 0 Å². The van der Waals surface area contributed by atoms with E-state index in [4.69, 9.17) is 4.74 Å². The lowest BCUT2D eigenvalue weighted by Crippen LogP contribution is -2.47. The van der Waals surface area contributed by atoms with Gasteiger partial charge >= 0.3 is 0 Å². The van der Waals surface area contributed by atoms with Crippen molar-refractivity contribution in [3.8, 4) is 5.75 Å². The number of likely N-dealkylation sites (N-methyl/N-ethyl adjacent to an activating group) is 1. The predicted octanol–water partition coefficient (Wildman–Crippen LogP) is 2.90. The molecule has 0 spiro atoms. The minimum absolute atomic E-state index is 0.135. The number of carbonyl (C=O) groups is 2. The minimum atomic E-state index is -0.848. The number of anilines is 1. The highest BCUT2D eigenvalue weighted by Gasteiger charge is 2.44. The Labute approximate surface area is 179 Å². The molecule has 1 saturated heterocycles. The normalized spacial score (nSPS) is 17.7. The molecule has 2 aliphatic heterocycles. The van der Waals surface area contributed by atoms with Crippen LogP contribution < -0.4 is 9.64 Å². The molecule has 2 aliphatic rings. The summed E-state index contributed by atoms with van der Waals surface area (Å²) < 4.78 is 33.8. The Morgan fingerprint density at radius 2 is 1.68 bits per heavy atom. The molecule has 2 aromatic carbocycles. The number of para-hydroxylation sites is 1. The van der Waals surface area contributed by atoms with Crippen molar-refractivity contribution in [3.05, 3.63) is 65.4 Å². The molecular formula is C23H23F2N3O3. The van der Waals surface area contributed by atoms with E-state index in [0.717, 1.165) is 42.7 Å². The van der Waals surface area contributed by atoms with Gasteiger partial charge in [-0.15, -0.1) is 0 Å². The van der Waals surface area contributed by atoms with Gasteiger partial charge in [-0.3, -0.25) is 9.59 Å². The van der Waals surface area contributed by atoms with E-state index in [1.165, 1.54) is 7.11 Å². The summed E-state index contributed by atoms with van der Waals surface area (Å²) in [5.41, 5.74) is 0.366. The van der Waals surface area contributed by atoms with E-state index in [1.54, 1.807) is 24.3 Å². The maximum absolute atomic E-state index is 14.5. The molecule has 0 unspecified atom stereocenters. The lowest BCUT2D eigenvalue weighted by atomic mass is 10.0. The first-order valence-electron chi connectivity index (χ1n) is 10.1. The number of rotatable bonds is 5. The number of amides is 2. The predicted molar refractivity (Wildman–Crippen MR) is 112 cm³/mol. The van der Waals surface area contributed by atoms with E-state index >= 15 is 0 Å². The lowest BCUT2D eigenvalue weighted by molar-refractivity contribution is -0.120. The third kappa shape index (κ3) is 3.67. The zero-order valence-electron chi connectivity index (χ0n) is 17.4. The average Bonchev–Trinajstić information content (AvgIpc) is 3.05. The second-order valence-corrected chi connectivity index (χ2v) is 7.39. The van der Waals surface area contributed by atoms with Crippen LogP contribution in [0.3, 0.4) is 0 Å². The summed E-state index contributed by atoms with van der Waals surface area (Å²) in [5.74, 6) is -2.53. The number of carbonyl (C=O) groups excluding carboxylic acids is 2. The molecule has 0 bridgehead atoms. The van der Waals surface area contributed by atoms with E-state index in [-0.39, 0.29) is 11.3 Å². The Kier molecular flexibility index (Phi) is 5.73. The summed E-state index contributed by atoms with van der Waals surface area (Å²) in [4.78, 5) is 31.8. The fraction of sp³-hybridized carbons (Fsp3) is 0.304. The van der Waals surface area contributed by atoms with Crippen molar-refractivity contribution in [2.75, 3.05) is 44.7 Å². The number of piperazine rings is 1. The monoisotopic (exact) mass is 427 g/mol. The van der Waals surface area contributed by atoms with Gasteiger partial charge in [0.05, 0.1) is 18.4 Å². The molecule has 2 aromatic rings. The zero-order chi connectivity index (χ0) is 22.1. The van der Waals surface area contributed by atoms with Gasteiger partial charge in [0.15, 0.2) is 0 Å². The van der Waals surface area contributed by atoms with Crippen molar-refractivity contribution in [1.82, 2.24) is 9.80 Å². The molecule has 2 heterocycles. The standard InChI is InChI=1S/C23H23F2N3O3/c1-3-26-10-12-27(13-11-26)21-20(16-6-4-5-7-19(16)31-2)22(29)28(23(21)30)18-14-15(24)8-9-17(18)25/h4-9,14H,3,10-13H2,1-2H3. The van der Waals surface area contributed by atoms with Crippen LogP contribution in [-0.2, 0) is 9.59 Å². The molecule has 0 aliphatic carbocycles. The Hall–Kier alpha value is -3.26. The van der Waals surface area contributed by atoms with Gasteiger partial charge in [0.2, 0.25) is 0 Å². The minimum Gasteiger partial charge on any atom is -0.496 e. The highest BCUT2D eigenvalue weighted by molar-refractivity contribution is 6.45.